The van der Waals surface area contributed by atoms with Gasteiger partial charge < -0.3 is 9.84 Å². The summed E-state index contributed by atoms with van der Waals surface area (Å²) in [4.78, 5) is 14.5. The molecule has 1 aliphatic carbocycles. The van der Waals surface area contributed by atoms with Gasteiger partial charge in [0.1, 0.15) is 11.6 Å². The molecule has 2 fully saturated rings. The van der Waals surface area contributed by atoms with Crippen molar-refractivity contribution in [3.05, 3.63) is 47.1 Å². The predicted molar refractivity (Wildman–Crippen MR) is 110 cm³/mol. The van der Waals surface area contributed by atoms with E-state index in [-0.39, 0.29) is 23.7 Å². The fourth-order valence-corrected chi connectivity index (χ4v) is 4.19. The number of amides is 1. The van der Waals surface area contributed by atoms with Gasteiger partial charge in [0.05, 0.1) is 5.69 Å². The molecule has 8 nitrogen and oxygen atoms in total. The first kappa shape index (κ1) is 20.4. The number of rotatable bonds is 7. The van der Waals surface area contributed by atoms with Gasteiger partial charge in [-0.15, -0.1) is 0 Å². The van der Waals surface area contributed by atoms with Crippen LogP contribution in [0.4, 0.5) is 10.1 Å². The van der Waals surface area contributed by atoms with Crippen LogP contribution in [0, 0.1) is 11.7 Å². The first-order chi connectivity index (χ1) is 13.9. The zero-order chi connectivity index (χ0) is 20.5. The SMILES string of the molecule is C[C@@H]1CN(Cc2cc(N(O)I=O)ccc2F)C[C@H]1NC(=O)c1cc(C2CC2)on1. The molecule has 1 saturated carbocycles. The van der Waals surface area contributed by atoms with Gasteiger partial charge >= 0.3 is 0 Å². The summed E-state index contributed by atoms with van der Waals surface area (Å²) < 4.78 is 31.0. The Morgan fingerprint density at radius 1 is 1.41 bits per heavy atom. The summed E-state index contributed by atoms with van der Waals surface area (Å²) in [5.41, 5.74) is 1.00. The van der Waals surface area contributed by atoms with Crippen molar-refractivity contribution in [3.63, 3.8) is 0 Å². The number of nitrogens with one attached hydrogen (secondary N) is 1. The summed E-state index contributed by atoms with van der Waals surface area (Å²) in [5.74, 6) is 0.700. The lowest BCUT2D eigenvalue weighted by Gasteiger charge is -2.18. The van der Waals surface area contributed by atoms with Crippen LogP contribution in [0.2, 0.25) is 0 Å². The molecule has 2 aliphatic rings. The summed E-state index contributed by atoms with van der Waals surface area (Å²) in [7, 11) is 0. The lowest BCUT2D eigenvalue weighted by Crippen LogP contribution is -2.40. The summed E-state index contributed by atoms with van der Waals surface area (Å²) in [5, 5.41) is 16.5. The van der Waals surface area contributed by atoms with Gasteiger partial charge in [0.25, 0.3) is 27.4 Å². The van der Waals surface area contributed by atoms with E-state index in [1.54, 1.807) is 6.07 Å². The minimum Gasteiger partial charge on any atom is -0.360 e. The van der Waals surface area contributed by atoms with Crippen LogP contribution in [0.25, 0.3) is 0 Å². The van der Waals surface area contributed by atoms with E-state index >= 15 is 0 Å². The molecule has 4 rings (SSSR count). The first-order valence-corrected chi connectivity index (χ1v) is 11.3. The van der Waals surface area contributed by atoms with Gasteiger partial charge in [-0.2, -0.15) is 3.28 Å². The standard InChI is InChI=1S/C19H22FIN4O4/c1-11-8-24(9-13-6-14(25(28)21-27)4-5-15(13)20)10-17(11)22-19(26)16-7-18(29-23-16)12-2-3-12/h4-7,11-12,17,28H,2-3,8-10H2,1H3,(H,22,26)/t11-,17-/m1/s1. The topological polar surface area (TPSA) is 98.9 Å². The predicted octanol–water partition coefficient (Wildman–Crippen LogP) is 3.37. The van der Waals surface area contributed by atoms with E-state index < -0.39 is 21.5 Å². The van der Waals surface area contributed by atoms with Gasteiger partial charge in [-0.05, 0) is 37.0 Å². The third kappa shape index (κ3) is 4.64. The van der Waals surface area contributed by atoms with E-state index in [2.05, 4.69) is 10.5 Å². The van der Waals surface area contributed by atoms with E-state index in [0.717, 1.165) is 18.6 Å². The number of hydrogen-bond acceptors (Lipinski definition) is 6. The van der Waals surface area contributed by atoms with Crippen LogP contribution in [0.5, 0.6) is 0 Å². The number of anilines is 1. The van der Waals surface area contributed by atoms with Crippen molar-refractivity contribution in [2.45, 2.75) is 38.3 Å². The third-order valence-electron chi connectivity index (χ3n) is 5.45. The molecule has 2 N–H and O–H groups in total. The molecule has 1 aromatic carbocycles. The molecule has 1 amide bonds. The van der Waals surface area contributed by atoms with Crippen molar-refractivity contribution >= 4 is 33.1 Å². The number of benzene rings is 1. The molecule has 2 aromatic rings. The van der Waals surface area contributed by atoms with Crippen LogP contribution in [-0.4, -0.2) is 40.3 Å². The Bertz CT molecular complexity index is 919. The highest BCUT2D eigenvalue weighted by molar-refractivity contribution is 14.1. The lowest BCUT2D eigenvalue weighted by atomic mass is 10.1. The minimum absolute atomic E-state index is 0.0864. The van der Waals surface area contributed by atoms with Crippen molar-refractivity contribution in [1.82, 2.24) is 15.4 Å². The molecule has 10 heteroatoms. The number of carbonyl (C=O) groups excluding carboxylic acids is 1. The highest BCUT2D eigenvalue weighted by Gasteiger charge is 2.33. The van der Waals surface area contributed by atoms with Gasteiger partial charge in [0.2, 0.25) is 0 Å². The molecule has 1 aliphatic heterocycles. The summed E-state index contributed by atoms with van der Waals surface area (Å²) in [6.07, 6.45) is 2.15. The molecule has 0 radical (unpaired) electrons. The van der Waals surface area contributed by atoms with Crippen LogP contribution in [-0.2, 0) is 9.61 Å². The number of hydrogen-bond donors (Lipinski definition) is 2. The van der Waals surface area contributed by atoms with Crippen LogP contribution >= 0.6 is 21.5 Å². The maximum absolute atomic E-state index is 14.2. The van der Waals surface area contributed by atoms with Crippen molar-refractivity contribution in [2.75, 3.05) is 16.4 Å². The maximum atomic E-state index is 14.2. The molecule has 1 aromatic heterocycles. The normalized spacial score (nSPS) is 22.0. The number of halogens is 2. The fourth-order valence-electron chi connectivity index (χ4n) is 3.66. The molecular formula is C19H22FIN4O4. The molecular weight excluding hydrogens is 494 g/mol. The molecule has 29 heavy (non-hydrogen) atoms. The number of nitrogens with zero attached hydrogens (tertiary/aromatic N) is 3. The van der Waals surface area contributed by atoms with Gasteiger partial charge in [0.15, 0.2) is 5.69 Å². The fraction of sp³-hybridized carbons (Fsp3) is 0.474. The van der Waals surface area contributed by atoms with E-state index in [1.807, 2.05) is 11.8 Å². The second kappa shape index (κ2) is 8.44. The Hall–Kier alpha value is -1.92. The molecule has 1 saturated heterocycles. The zero-order valence-corrected chi connectivity index (χ0v) is 18.0. The molecule has 0 spiro atoms. The number of carbonyl (C=O) groups is 1. The summed E-state index contributed by atoms with van der Waals surface area (Å²) in [6, 6.07) is 5.77. The average molecular weight is 516 g/mol. The van der Waals surface area contributed by atoms with Crippen LogP contribution in [0.1, 0.15) is 47.5 Å². The first-order valence-electron chi connectivity index (χ1n) is 9.49. The van der Waals surface area contributed by atoms with Gasteiger partial charge in [-0.1, -0.05) is 12.1 Å². The highest BCUT2D eigenvalue weighted by atomic mass is 127. The van der Waals surface area contributed by atoms with Crippen LogP contribution in [0.3, 0.4) is 0 Å². The number of aromatic nitrogens is 1. The van der Waals surface area contributed by atoms with Gasteiger partial charge in [-0.25, -0.2) is 7.46 Å². The molecule has 2 heterocycles. The van der Waals surface area contributed by atoms with Gasteiger partial charge in [-0.3, -0.25) is 14.9 Å². The molecule has 0 bridgehead atoms. The lowest BCUT2D eigenvalue weighted by molar-refractivity contribution is 0.0922. The summed E-state index contributed by atoms with van der Waals surface area (Å²) in [6.45, 7) is 3.63. The smallest absolute Gasteiger partial charge is 0.300 e. The monoisotopic (exact) mass is 516 g/mol. The van der Waals surface area contributed by atoms with Crippen LogP contribution < -0.4 is 8.59 Å². The van der Waals surface area contributed by atoms with Crippen molar-refractivity contribution in [3.8, 4) is 0 Å². The maximum Gasteiger partial charge on any atom is 0.300 e. The molecule has 2 atom stereocenters. The molecule has 0 unspecified atom stereocenters. The van der Waals surface area contributed by atoms with E-state index in [9.17, 15) is 17.5 Å². The Morgan fingerprint density at radius 3 is 2.93 bits per heavy atom. The van der Waals surface area contributed by atoms with Crippen LogP contribution in [0.15, 0.2) is 28.8 Å². The average Bonchev–Trinajstić information content (AvgIpc) is 3.34. The summed E-state index contributed by atoms with van der Waals surface area (Å²) >= 11 is -1.78. The third-order valence-corrected chi connectivity index (χ3v) is 6.38. The Balaban J connectivity index is 1.38. The van der Waals surface area contributed by atoms with E-state index in [1.165, 1.54) is 18.2 Å². The quantitative estimate of drug-likeness (QED) is 0.331. The Kier molecular flexibility index (Phi) is 5.93. The highest BCUT2D eigenvalue weighted by Crippen LogP contribution is 2.40. The molecule has 156 valence electrons. The minimum atomic E-state index is -1.78. The zero-order valence-electron chi connectivity index (χ0n) is 15.8. The van der Waals surface area contributed by atoms with Crippen molar-refractivity contribution in [2.24, 2.45) is 5.92 Å². The Labute approximate surface area is 178 Å². The van der Waals surface area contributed by atoms with Crippen molar-refractivity contribution in [1.29, 1.82) is 0 Å². The second-order valence-electron chi connectivity index (χ2n) is 7.74. The largest absolute Gasteiger partial charge is 0.360 e. The van der Waals surface area contributed by atoms with E-state index in [0.29, 0.717) is 45.8 Å². The van der Waals surface area contributed by atoms with Crippen molar-refractivity contribution < 1.29 is 22.0 Å². The Morgan fingerprint density at radius 2 is 2.21 bits per heavy atom. The van der Waals surface area contributed by atoms with Gasteiger partial charge in [0, 0.05) is 43.2 Å². The second-order valence-corrected chi connectivity index (χ2v) is 9.05. The van der Waals surface area contributed by atoms with E-state index in [4.69, 9.17) is 4.52 Å². The number of likely N-dealkylation sites (tertiary alicyclic amines) is 1.